The molecular formula is C60H36N2O. The SMILES string of the molecule is c1cc(-c2ccc3c4ccccc4c4ccccc4c3c2)cc(-n2c3ccccc3c3c(-c4ccc5c(c4)c4ccccc4n5-c4cccc5c4oc4ccccc45)cccc32)c1. The van der Waals surface area contributed by atoms with E-state index in [0.717, 1.165) is 44.3 Å². The maximum absolute atomic E-state index is 6.58. The first-order chi connectivity index (χ1) is 31.3. The number of nitrogens with zero attached hydrogens (tertiary/aromatic N) is 2. The molecule has 3 heterocycles. The molecule has 11 aromatic carbocycles. The van der Waals surface area contributed by atoms with Crippen LogP contribution >= 0.6 is 0 Å². The summed E-state index contributed by atoms with van der Waals surface area (Å²) in [6, 6.07) is 79.8. The number of aromatic nitrogens is 2. The Balaban J connectivity index is 0.943. The fraction of sp³-hybridized carbons (Fsp3) is 0. The smallest absolute Gasteiger partial charge is 0.159 e. The largest absolute Gasteiger partial charge is 0.454 e. The van der Waals surface area contributed by atoms with Gasteiger partial charge in [-0.3, -0.25) is 0 Å². The van der Waals surface area contributed by atoms with E-state index in [4.69, 9.17) is 4.42 Å². The Morgan fingerprint density at radius 1 is 0.286 bits per heavy atom. The van der Waals surface area contributed by atoms with Gasteiger partial charge in [0.2, 0.25) is 0 Å². The predicted octanol–water partition coefficient (Wildman–Crippen LogP) is 16.6. The first kappa shape index (κ1) is 34.3. The average Bonchev–Trinajstić information content (AvgIpc) is 4.02. The Labute approximate surface area is 361 Å². The molecule has 3 nitrogen and oxygen atoms in total. The van der Waals surface area contributed by atoms with Crippen molar-refractivity contribution in [1.82, 2.24) is 9.13 Å². The predicted molar refractivity (Wildman–Crippen MR) is 266 cm³/mol. The minimum atomic E-state index is 0.898. The molecule has 0 saturated carbocycles. The molecule has 0 atom stereocenters. The summed E-state index contributed by atoms with van der Waals surface area (Å²) in [4.78, 5) is 0. The van der Waals surface area contributed by atoms with E-state index in [-0.39, 0.29) is 0 Å². The van der Waals surface area contributed by atoms with Gasteiger partial charge in [-0.1, -0.05) is 158 Å². The topological polar surface area (TPSA) is 23.0 Å². The Hall–Kier alpha value is -8.40. The Kier molecular flexibility index (Phi) is 7.11. The van der Waals surface area contributed by atoms with Crippen molar-refractivity contribution in [2.75, 3.05) is 0 Å². The molecule has 3 heteroatoms. The maximum Gasteiger partial charge on any atom is 0.159 e. The minimum Gasteiger partial charge on any atom is -0.454 e. The molecule has 0 amide bonds. The first-order valence-electron chi connectivity index (χ1n) is 21.7. The molecule has 0 N–H and O–H groups in total. The number of fused-ring (bicyclic) bond motifs is 15. The summed E-state index contributed by atoms with van der Waals surface area (Å²) in [6.45, 7) is 0. The van der Waals surface area contributed by atoms with Gasteiger partial charge in [0.05, 0.1) is 27.8 Å². The molecule has 0 bridgehead atoms. The molecular weight excluding hydrogens is 765 g/mol. The summed E-state index contributed by atoms with van der Waals surface area (Å²) in [5.41, 5.74) is 13.4. The highest BCUT2D eigenvalue weighted by molar-refractivity contribution is 6.26. The lowest BCUT2D eigenvalue weighted by Gasteiger charge is -2.13. The van der Waals surface area contributed by atoms with Gasteiger partial charge in [0, 0.05) is 38.0 Å². The van der Waals surface area contributed by atoms with Crippen molar-refractivity contribution >= 4 is 97.9 Å². The van der Waals surface area contributed by atoms with Crippen LogP contribution in [0.1, 0.15) is 0 Å². The van der Waals surface area contributed by atoms with Gasteiger partial charge >= 0.3 is 0 Å². The number of para-hydroxylation sites is 4. The van der Waals surface area contributed by atoms with E-state index in [2.05, 4.69) is 221 Å². The van der Waals surface area contributed by atoms with Gasteiger partial charge in [0.1, 0.15) is 5.58 Å². The molecule has 0 spiro atoms. The maximum atomic E-state index is 6.58. The highest BCUT2D eigenvalue weighted by atomic mass is 16.3. The van der Waals surface area contributed by atoms with Crippen LogP contribution in [0.2, 0.25) is 0 Å². The van der Waals surface area contributed by atoms with Crippen molar-refractivity contribution < 1.29 is 4.42 Å². The first-order valence-corrected chi connectivity index (χ1v) is 21.7. The van der Waals surface area contributed by atoms with E-state index in [9.17, 15) is 0 Å². The number of benzene rings is 11. The number of hydrogen-bond acceptors (Lipinski definition) is 1. The van der Waals surface area contributed by atoms with Gasteiger partial charge in [-0.25, -0.2) is 0 Å². The molecule has 14 aromatic rings. The average molecular weight is 801 g/mol. The molecule has 3 aromatic heterocycles. The molecule has 0 aliphatic heterocycles. The lowest BCUT2D eigenvalue weighted by Crippen LogP contribution is -1.95. The molecule has 0 radical (unpaired) electrons. The standard InChI is InChI=1S/C60H36N2O/c1-2-18-44-42(16-1)43-17-3-4-19-45(43)51-35-38(30-32-46(44)51)37-14-11-15-40(34-37)61-54-26-9-6-22-50(54)59-41(23-12-27-56(59)61)39-31-33-55-52(36-39)47-20-5-8-25-53(47)62(55)57-28-13-24-49-48-21-7-10-29-58(48)63-60(49)57/h1-36H. The fourth-order valence-electron chi connectivity index (χ4n) is 10.8. The van der Waals surface area contributed by atoms with Gasteiger partial charge in [0.25, 0.3) is 0 Å². The van der Waals surface area contributed by atoms with Crippen molar-refractivity contribution in [1.29, 1.82) is 0 Å². The van der Waals surface area contributed by atoms with Crippen LogP contribution in [0.15, 0.2) is 223 Å². The van der Waals surface area contributed by atoms with Crippen LogP contribution in [0.25, 0.3) is 131 Å². The highest BCUT2D eigenvalue weighted by Gasteiger charge is 2.21. The lowest BCUT2D eigenvalue weighted by atomic mass is 9.92. The second-order valence-corrected chi connectivity index (χ2v) is 16.8. The zero-order chi connectivity index (χ0) is 41.2. The van der Waals surface area contributed by atoms with Crippen molar-refractivity contribution in [3.63, 3.8) is 0 Å². The van der Waals surface area contributed by atoms with Gasteiger partial charge in [-0.15, -0.1) is 0 Å². The van der Waals surface area contributed by atoms with E-state index < -0.39 is 0 Å². The fourth-order valence-corrected chi connectivity index (χ4v) is 10.8. The summed E-state index contributed by atoms with van der Waals surface area (Å²) in [5.74, 6) is 0. The van der Waals surface area contributed by atoms with Crippen LogP contribution in [0.4, 0.5) is 0 Å². The van der Waals surface area contributed by atoms with Crippen LogP contribution in [-0.4, -0.2) is 9.13 Å². The second-order valence-electron chi connectivity index (χ2n) is 16.8. The summed E-state index contributed by atoms with van der Waals surface area (Å²) in [6.07, 6.45) is 0. The summed E-state index contributed by atoms with van der Waals surface area (Å²) in [7, 11) is 0. The van der Waals surface area contributed by atoms with E-state index >= 15 is 0 Å². The Bertz CT molecular complexity index is 4180. The second kappa shape index (κ2) is 13.1. The van der Waals surface area contributed by atoms with E-state index in [0.29, 0.717) is 0 Å². The minimum absolute atomic E-state index is 0.898. The summed E-state index contributed by atoms with van der Waals surface area (Å²) in [5, 5.41) is 14.9. The zero-order valence-corrected chi connectivity index (χ0v) is 34.1. The zero-order valence-electron chi connectivity index (χ0n) is 34.1. The molecule has 292 valence electrons. The van der Waals surface area contributed by atoms with Crippen LogP contribution in [-0.2, 0) is 0 Å². The molecule has 14 rings (SSSR count). The van der Waals surface area contributed by atoms with Crippen molar-refractivity contribution in [2.24, 2.45) is 0 Å². The summed E-state index contributed by atoms with van der Waals surface area (Å²) >= 11 is 0. The monoisotopic (exact) mass is 800 g/mol. The number of rotatable bonds is 4. The molecule has 63 heavy (non-hydrogen) atoms. The van der Waals surface area contributed by atoms with Crippen molar-refractivity contribution in [3.05, 3.63) is 218 Å². The molecule has 0 saturated heterocycles. The van der Waals surface area contributed by atoms with Gasteiger partial charge in [-0.2, -0.15) is 0 Å². The third kappa shape index (κ3) is 4.90. The van der Waals surface area contributed by atoms with E-state index in [1.807, 2.05) is 6.07 Å². The third-order valence-electron chi connectivity index (χ3n) is 13.5. The van der Waals surface area contributed by atoms with Crippen LogP contribution in [0.3, 0.4) is 0 Å². The van der Waals surface area contributed by atoms with Gasteiger partial charge in [0.15, 0.2) is 5.58 Å². The lowest BCUT2D eigenvalue weighted by molar-refractivity contribution is 0.666. The Morgan fingerprint density at radius 3 is 1.62 bits per heavy atom. The van der Waals surface area contributed by atoms with Gasteiger partial charge in [-0.05, 0) is 115 Å². The van der Waals surface area contributed by atoms with E-state index in [1.54, 1.807) is 0 Å². The number of hydrogen-bond donors (Lipinski definition) is 0. The van der Waals surface area contributed by atoms with E-state index in [1.165, 1.54) is 87.1 Å². The molecule has 0 fully saturated rings. The van der Waals surface area contributed by atoms with Gasteiger partial charge < -0.3 is 13.6 Å². The molecule has 0 aliphatic rings. The van der Waals surface area contributed by atoms with Crippen LogP contribution in [0.5, 0.6) is 0 Å². The summed E-state index contributed by atoms with van der Waals surface area (Å²) < 4.78 is 11.4. The molecule has 0 unspecified atom stereocenters. The Morgan fingerprint density at radius 2 is 0.825 bits per heavy atom. The highest BCUT2D eigenvalue weighted by Crippen LogP contribution is 2.43. The van der Waals surface area contributed by atoms with Crippen LogP contribution in [0, 0.1) is 0 Å². The number of furan rings is 1. The van der Waals surface area contributed by atoms with Crippen molar-refractivity contribution in [2.45, 2.75) is 0 Å². The molecule has 0 aliphatic carbocycles. The van der Waals surface area contributed by atoms with Crippen LogP contribution < -0.4 is 0 Å². The normalized spacial score (nSPS) is 12.1. The third-order valence-corrected chi connectivity index (χ3v) is 13.5. The quantitative estimate of drug-likeness (QED) is 0.163. The van der Waals surface area contributed by atoms with Crippen molar-refractivity contribution in [3.8, 4) is 33.6 Å².